The van der Waals surface area contributed by atoms with Gasteiger partial charge in [-0.1, -0.05) is 35.0 Å². The minimum atomic E-state index is 0.324. The number of fused-ring (bicyclic) bond motifs is 1. The Morgan fingerprint density at radius 1 is 1.19 bits per heavy atom. The van der Waals surface area contributed by atoms with E-state index in [2.05, 4.69) is 82.5 Å². The van der Waals surface area contributed by atoms with E-state index >= 15 is 0 Å². The summed E-state index contributed by atoms with van der Waals surface area (Å²) in [4.78, 5) is 4.51. The normalized spacial score (nSPS) is 12.5. The van der Waals surface area contributed by atoms with Gasteiger partial charge in [0.15, 0.2) is 0 Å². The van der Waals surface area contributed by atoms with Crippen molar-refractivity contribution < 1.29 is 0 Å². The highest BCUT2D eigenvalue weighted by Crippen LogP contribution is 2.28. The molecule has 1 atom stereocenters. The summed E-state index contributed by atoms with van der Waals surface area (Å²) < 4.78 is 2.35. The molecular weight excluding hydrogens is 344 g/mol. The molecule has 4 heteroatoms. The summed E-state index contributed by atoms with van der Waals surface area (Å²) in [5.41, 5.74) is 3.54. The molecule has 0 spiro atoms. The van der Waals surface area contributed by atoms with Crippen molar-refractivity contribution >= 4 is 43.2 Å². The van der Waals surface area contributed by atoms with Crippen molar-refractivity contribution in [1.82, 2.24) is 4.98 Å². The van der Waals surface area contributed by atoms with Crippen molar-refractivity contribution in [2.45, 2.75) is 26.3 Å². The van der Waals surface area contributed by atoms with Gasteiger partial charge in [0.1, 0.15) is 0 Å². The zero-order valence-electron chi connectivity index (χ0n) is 12.1. The lowest BCUT2D eigenvalue weighted by Gasteiger charge is -2.19. The molecule has 0 saturated heterocycles. The van der Waals surface area contributed by atoms with E-state index in [0.29, 0.717) is 6.04 Å². The van der Waals surface area contributed by atoms with Gasteiger partial charge in [0.05, 0.1) is 21.3 Å². The van der Waals surface area contributed by atoms with Crippen LogP contribution in [0.5, 0.6) is 0 Å². The molecular formula is C17H17BrN2S. The third-order valence-electron chi connectivity index (χ3n) is 3.52. The largest absolute Gasteiger partial charge is 0.378 e. The summed E-state index contributed by atoms with van der Waals surface area (Å²) in [6.45, 7) is 4.25. The minimum Gasteiger partial charge on any atom is -0.378 e. The fourth-order valence-corrected chi connectivity index (χ4v) is 3.58. The van der Waals surface area contributed by atoms with Crippen LogP contribution >= 0.6 is 27.3 Å². The van der Waals surface area contributed by atoms with Gasteiger partial charge in [0.2, 0.25) is 0 Å². The Labute approximate surface area is 137 Å². The maximum Gasteiger partial charge on any atom is 0.0907 e. The van der Waals surface area contributed by atoms with Gasteiger partial charge in [-0.2, -0.15) is 0 Å². The monoisotopic (exact) mass is 360 g/mol. The molecule has 0 amide bonds. The van der Waals surface area contributed by atoms with Gasteiger partial charge in [-0.3, -0.25) is 0 Å². The van der Waals surface area contributed by atoms with Crippen LogP contribution in [0.1, 0.15) is 30.0 Å². The van der Waals surface area contributed by atoms with E-state index in [1.807, 2.05) is 0 Å². The zero-order chi connectivity index (χ0) is 14.8. The summed E-state index contributed by atoms with van der Waals surface area (Å²) in [7, 11) is 0. The van der Waals surface area contributed by atoms with E-state index in [0.717, 1.165) is 27.1 Å². The number of nitrogens with zero attached hydrogens (tertiary/aromatic N) is 1. The van der Waals surface area contributed by atoms with Crippen molar-refractivity contribution in [3.63, 3.8) is 0 Å². The van der Waals surface area contributed by atoms with Crippen LogP contribution in [0.4, 0.5) is 5.69 Å². The molecule has 0 fully saturated rings. The Morgan fingerprint density at radius 3 is 2.67 bits per heavy atom. The first-order valence-electron chi connectivity index (χ1n) is 7.05. The summed E-state index contributed by atoms with van der Waals surface area (Å²) in [6, 6.07) is 15.2. The topological polar surface area (TPSA) is 24.9 Å². The number of hydrogen-bond acceptors (Lipinski definition) is 3. The SMILES string of the molecule is CCC(Nc1ccc2nc(C)sc2c1)c1ccc(Br)cc1. The maximum absolute atomic E-state index is 4.51. The summed E-state index contributed by atoms with van der Waals surface area (Å²) >= 11 is 5.23. The molecule has 0 bridgehead atoms. The molecule has 0 aliphatic carbocycles. The van der Waals surface area contributed by atoms with Crippen LogP contribution in [-0.4, -0.2) is 4.98 Å². The summed E-state index contributed by atoms with van der Waals surface area (Å²) in [6.07, 6.45) is 1.04. The van der Waals surface area contributed by atoms with Crippen LogP contribution in [0.25, 0.3) is 10.2 Å². The Morgan fingerprint density at radius 2 is 1.95 bits per heavy atom. The number of aromatic nitrogens is 1. The quantitative estimate of drug-likeness (QED) is 0.623. The second-order valence-corrected chi connectivity index (χ2v) is 7.22. The predicted molar refractivity (Wildman–Crippen MR) is 95.2 cm³/mol. The molecule has 2 aromatic carbocycles. The first kappa shape index (κ1) is 14.5. The Hall–Kier alpha value is -1.39. The molecule has 1 aromatic heterocycles. The van der Waals surface area contributed by atoms with E-state index in [1.54, 1.807) is 11.3 Å². The zero-order valence-corrected chi connectivity index (χ0v) is 14.5. The van der Waals surface area contributed by atoms with Gasteiger partial charge >= 0.3 is 0 Å². The van der Waals surface area contributed by atoms with Crippen molar-refractivity contribution in [2.75, 3.05) is 5.32 Å². The van der Waals surface area contributed by atoms with E-state index < -0.39 is 0 Å². The van der Waals surface area contributed by atoms with Crippen molar-refractivity contribution in [3.05, 3.63) is 57.5 Å². The van der Waals surface area contributed by atoms with Crippen LogP contribution in [0.15, 0.2) is 46.9 Å². The highest BCUT2D eigenvalue weighted by Gasteiger charge is 2.10. The number of anilines is 1. The van der Waals surface area contributed by atoms with Crippen LogP contribution < -0.4 is 5.32 Å². The molecule has 0 radical (unpaired) electrons. The number of aryl methyl sites for hydroxylation is 1. The van der Waals surface area contributed by atoms with Gasteiger partial charge in [-0.25, -0.2) is 4.98 Å². The number of benzene rings is 2. The summed E-state index contributed by atoms with van der Waals surface area (Å²) in [5.74, 6) is 0. The molecule has 108 valence electrons. The Bertz CT molecular complexity index is 749. The fraction of sp³-hybridized carbons (Fsp3) is 0.235. The Kier molecular flexibility index (Phi) is 4.27. The molecule has 1 unspecified atom stereocenters. The smallest absolute Gasteiger partial charge is 0.0907 e. The number of thiazole rings is 1. The number of hydrogen-bond donors (Lipinski definition) is 1. The molecule has 21 heavy (non-hydrogen) atoms. The molecule has 0 aliphatic rings. The molecule has 0 saturated carbocycles. The standard InChI is InChI=1S/C17H17BrN2S/c1-3-15(12-4-6-13(18)7-5-12)20-14-8-9-16-17(10-14)21-11(2)19-16/h4-10,15,20H,3H2,1-2H3. The van der Waals surface area contributed by atoms with Gasteiger partial charge in [0.25, 0.3) is 0 Å². The van der Waals surface area contributed by atoms with E-state index in [4.69, 9.17) is 0 Å². The molecule has 0 aliphatic heterocycles. The fourth-order valence-electron chi connectivity index (χ4n) is 2.45. The first-order valence-corrected chi connectivity index (χ1v) is 8.66. The van der Waals surface area contributed by atoms with Crippen LogP contribution in [0.3, 0.4) is 0 Å². The average molecular weight is 361 g/mol. The van der Waals surface area contributed by atoms with E-state index in [9.17, 15) is 0 Å². The highest BCUT2D eigenvalue weighted by molar-refractivity contribution is 9.10. The third-order valence-corrected chi connectivity index (χ3v) is 4.98. The van der Waals surface area contributed by atoms with Crippen LogP contribution in [0, 0.1) is 6.92 Å². The molecule has 3 aromatic rings. The number of rotatable bonds is 4. The van der Waals surface area contributed by atoms with Crippen LogP contribution in [0.2, 0.25) is 0 Å². The Balaban J connectivity index is 1.86. The lowest BCUT2D eigenvalue weighted by molar-refractivity contribution is 0.749. The third kappa shape index (κ3) is 3.27. The van der Waals surface area contributed by atoms with E-state index in [-0.39, 0.29) is 0 Å². The van der Waals surface area contributed by atoms with Gasteiger partial charge in [0, 0.05) is 10.2 Å². The minimum absolute atomic E-state index is 0.324. The molecule has 3 rings (SSSR count). The van der Waals surface area contributed by atoms with E-state index in [1.165, 1.54) is 10.3 Å². The second-order valence-electron chi connectivity index (χ2n) is 5.07. The first-order chi connectivity index (χ1) is 10.2. The van der Waals surface area contributed by atoms with Gasteiger partial charge in [-0.05, 0) is 49.2 Å². The lowest BCUT2D eigenvalue weighted by Crippen LogP contribution is -2.09. The predicted octanol–water partition coefficient (Wildman–Crippen LogP) is 5.93. The van der Waals surface area contributed by atoms with Gasteiger partial charge < -0.3 is 5.32 Å². The maximum atomic E-state index is 4.51. The number of nitrogens with one attached hydrogen (secondary N) is 1. The molecule has 1 heterocycles. The second kappa shape index (κ2) is 6.16. The summed E-state index contributed by atoms with van der Waals surface area (Å²) in [5, 5.41) is 4.74. The van der Waals surface area contributed by atoms with Gasteiger partial charge in [-0.15, -0.1) is 11.3 Å². The molecule has 1 N–H and O–H groups in total. The molecule has 2 nitrogen and oxygen atoms in total. The van der Waals surface area contributed by atoms with Crippen molar-refractivity contribution in [3.8, 4) is 0 Å². The van der Waals surface area contributed by atoms with Crippen LogP contribution in [-0.2, 0) is 0 Å². The van der Waals surface area contributed by atoms with Crippen molar-refractivity contribution in [2.24, 2.45) is 0 Å². The van der Waals surface area contributed by atoms with Crippen molar-refractivity contribution in [1.29, 1.82) is 0 Å². The average Bonchev–Trinajstić information content (AvgIpc) is 2.85. The highest BCUT2D eigenvalue weighted by atomic mass is 79.9. The lowest BCUT2D eigenvalue weighted by atomic mass is 10.0. The number of halogens is 1.